The number of nitrogens with one attached hydrogen (secondary N) is 1. The molecule has 1 heterocycles. The molecule has 3 heteroatoms. The topological polar surface area (TPSA) is 24.9 Å². The van der Waals surface area contributed by atoms with Gasteiger partial charge in [0.1, 0.15) is 0 Å². The Morgan fingerprint density at radius 2 is 2.11 bits per heavy atom. The van der Waals surface area contributed by atoms with Gasteiger partial charge in [0.15, 0.2) is 0 Å². The van der Waals surface area contributed by atoms with Crippen LogP contribution in [0.25, 0.3) is 0 Å². The minimum atomic E-state index is 0.166. The predicted octanol–water partition coefficient (Wildman–Crippen LogP) is 3.74. The van der Waals surface area contributed by atoms with Crippen LogP contribution < -0.4 is 5.32 Å². The smallest absolute Gasteiger partial charge is 0.0591 e. The van der Waals surface area contributed by atoms with Crippen molar-refractivity contribution in [1.82, 2.24) is 10.3 Å². The number of aromatic nitrogens is 1. The molecule has 0 aliphatic carbocycles. The standard InChI is InChI=1S/C15H17ClN2/c1-3-18-15(13-5-4-8-17-10-13)12-6-7-14(16)11(2)9-12/h4-10,15,18H,3H2,1-2H3. The summed E-state index contributed by atoms with van der Waals surface area (Å²) in [4.78, 5) is 4.19. The first-order valence-electron chi connectivity index (χ1n) is 6.11. The number of hydrogen-bond acceptors (Lipinski definition) is 2. The van der Waals surface area contributed by atoms with Crippen molar-refractivity contribution in [2.75, 3.05) is 6.54 Å². The molecule has 2 rings (SSSR count). The molecule has 0 aliphatic rings. The summed E-state index contributed by atoms with van der Waals surface area (Å²) in [6.45, 7) is 5.03. The fraction of sp³-hybridized carbons (Fsp3) is 0.267. The van der Waals surface area contributed by atoms with Crippen LogP contribution in [0.1, 0.15) is 29.7 Å². The summed E-state index contributed by atoms with van der Waals surface area (Å²) in [6.07, 6.45) is 3.69. The highest BCUT2D eigenvalue weighted by Gasteiger charge is 2.13. The molecule has 0 bridgehead atoms. The third-order valence-corrected chi connectivity index (χ3v) is 3.37. The zero-order valence-electron chi connectivity index (χ0n) is 10.7. The Morgan fingerprint density at radius 1 is 1.28 bits per heavy atom. The first-order valence-corrected chi connectivity index (χ1v) is 6.49. The molecule has 0 spiro atoms. The van der Waals surface area contributed by atoms with Crippen molar-refractivity contribution in [2.45, 2.75) is 19.9 Å². The van der Waals surface area contributed by atoms with Gasteiger partial charge < -0.3 is 5.32 Å². The van der Waals surface area contributed by atoms with Crippen molar-refractivity contribution in [3.63, 3.8) is 0 Å². The molecular weight excluding hydrogens is 244 g/mol. The molecule has 1 unspecified atom stereocenters. The fourth-order valence-electron chi connectivity index (χ4n) is 2.03. The molecule has 0 aliphatic heterocycles. The summed E-state index contributed by atoms with van der Waals surface area (Å²) < 4.78 is 0. The highest BCUT2D eigenvalue weighted by molar-refractivity contribution is 6.31. The van der Waals surface area contributed by atoms with Crippen molar-refractivity contribution in [1.29, 1.82) is 0 Å². The van der Waals surface area contributed by atoms with Crippen LogP contribution in [0.5, 0.6) is 0 Å². The van der Waals surface area contributed by atoms with E-state index in [9.17, 15) is 0 Å². The van der Waals surface area contributed by atoms with Gasteiger partial charge in [0.2, 0.25) is 0 Å². The lowest BCUT2D eigenvalue weighted by Crippen LogP contribution is -2.22. The largest absolute Gasteiger partial charge is 0.306 e. The number of benzene rings is 1. The first-order chi connectivity index (χ1) is 8.72. The van der Waals surface area contributed by atoms with Gasteiger partial charge in [-0.1, -0.05) is 36.7 Å². The highest BCUT2D eigenvalue weighted by Crippen LogP contribution is 2.25. The zero-order chi connectivity index (χ0) is 13.0. The quantitative estimate of drug-likeness (QED) is 0.906. The van der Waals surface area contributed by atoms with Crippen LogP contribution in [-0.2, 0) is 0 Å². The summed E-state index contributed by atoms with van der Waals surface area (Å²) >= 11 is 6.08. The van der Waals surface area contributed by atoms with Gasteiger partial charge in [-0.2, -0.15) is 0 Å². The summed E-state index contributed by atoms with van der Waals surface area (Å²) in [7, 11) is 0. The average molecular weight is 261 g/mol. The molecule has 0 saturated carbocycles. The van der Waals surface area contributed by atoms with Crippen LogP contribution in [0.3, 0.4) is 0 Å². The molecule has 2 nitrogen and oxygen atoms in total. The van der Waals surface area contributed by atoms with E-state index in [1.165, 1.54) is 11.1 Å². The van der Waals surface area contributed by atoms with E-state index in [4.69, 9.17) is 11.6 Å². The number of halogens is 1. The minimum Gasteiger partial charge on any atom is -0.306 e. The number of nitrogens with zero attached hydrogens (tertiary/aromatic N) is 1. The van der Waals surface area contributed by atoms with Gasteiger partial charge in [-0.15, -0.1) is 0 Å². The first kappa shape index (κ1) is 13.1. The molecule has 94 valence electrons. The van der Waals surface area contributed by atoms with Crippen LogP contribution in [0.4, 0.5) is 0 Å². The summed E-state index contributed by atoms with van der Waals surface area (Å²) in [6, 6.07) is 10.4. The molecule has 18 heavy (non-hydrogen) atoms. The second kappa shape index (κ2) is 5.98. The Morgan fingerprint density at radius 3 is 2.72 bits per heavy atom. The third-order valence-electron chi connectivity index (χ3n) is 2.94. The summed E-state index contributed by atoms with van der Waals surface area (Å²) in [5.41, 5.74) is 3.48. The van der Waals surface area contributed by atoms with Crippen LogP contribution in [0.2, 0.25) is 5.02 Å². The Balaban J connectivity index is 2.38. The van der Waals surface area contributed by atoms with Gasteiger partial charge in [0, 0.05) is 17.4 Å². The Bertz CT molecular complexity index is 511. The van der Waals surface area contributed by atoms with Crippen molar-refractivity contribution >= 4 is 11.6 Å². The summed E-state index contributed by atoms with van der Waals surface area (Å²) in [5, 5.41) is 4.28. The Kier molecular flexibility index (Phi) is 4.34. The van der Waals surface area contributed by atoms with E-state index in [1.54, 1.807) is 6.20 Å². The molecular formula is C15H17ClN2. The molecule has 1 aromatic heterocycles. The van der Waals surface area contributed by atoms with Crippen LogP contribution in [-0.4, -0.2) is 11.5 Å². The molecule has 0 saturated heterocycles. The maximum atomic E-state index is 6.08. The SMILES string of the molecule is CCNC(c1cccnc1)c1ccc(Cl)c(C)c1. The lowest BCUT2D eigenvalue weighted by molar-refractivity contribution is 0.628. The number of pyridine rings is 1. The van der Waals surface area contributed by atoms with E-state index in [2.05, 4.69) is 35.4 Å². The number of aryl methyl sites for hydroxylation is 1. The van der Waals surface area contributed by atoms with Gasteiger partial charge in [-0.05, 0) is 42.3 Å². The maximum Gasteiger partial charge on any atom is 0.0591 e. The number of rotatable bonds is 4. The van der Waals surface area contributed by atoms with E-state index in [-0.39, 0.29) is 6.04 Å². The van der Waals surface area contributed by atoms with Gasteiger partial charge >= 0.3 is 0 Å². The van der Waals surface area contributed by atoms with Gasteiger partial charge in [0.25, 0.3) is 0 Å². The average Bonchev–Trinajstić information content (AvgIpc) is 2.40. The molecule has 0 fully saturated rings. The molecule has 0 amide bonds. The van der Waals surface area contributed by atoms with E-state index < -0.39 is 0 Å². The monoisotopic (exact) mass is 260 g/mol. The van der Waals surface area contributed by atoms with Crippen LogP contribution in [0, 0.1) is 6.92 Å². The second-order valence-electron chi connectivity index (χ2n) is 4.29. The highest BCUT2D eigenvalue weighted by atomic mass is 35.5. The van der Waals surface area contributed by atoms with Gasteiger partial charge in [-0.25, -0.2) is 0 Å². The lowest BCUT2D eigenvalue weighted by atomic mass is 9.98. The predicted molar refractivity (Wildman–Crippen MR) is 75.9 cm³/mol. The molecule has 0 radical (unpaired) electrons. The van der Waals surface area contributed by atoms with Crippen molar-refractivity contribution in [2.24, 2.45) is 0 Å². The summed E-state index contributed by atoms with van der Waals surface area (Å²) in [5.74, 6) is 0. The zero-order valence-corrected chi connectivity index (χ0v) is 11.4. The fourth-order valence-corrected chi connectivity index (χ4v) is 2.14. The number of hydrogen-bond donors (Lipinski definition) is 1. The lowest BCUT2D eigenvalue weighted by Gasteiger charge is -2.19. The van der Waals surface area contributed by atoms with E-state index in [1.807, 2.05) is 25.3 Å². The van der Waals surface area contributed by atoms with E-state index in [0.29, 0.717) is 0 Å². The molecule has 2 aromatic rings. The third kappa shape index (κ3) is 2.89. The van der Waals surface area contributed by atoms with Gasteiger partial charge in [0.05, 0.1) is 6.04 Å². The maximum absolute atomic E-state index is 6.08. The minimum absolute atomic E-state index is 0.166. The normalized spacial score (nSPS) is 12.4. The molecule has 1 atom stereocenters. The van der Waals surface area contributed by atoms with Gasteiger partial charge in [-0.3, -0.25) is 4.98 Å². The van der Waals surface area contributed by atoms with Crippen molar-refractivity contribution < 1.29 is 0 Å². The van der Waals surface area contributed by atoms with Crippen molar-refractivity contribution in [3.05, 3.63) is 64.4 Å². The van der Waals surface area contributed by atoms with Crippen LogP contribution in [0.15, 0.2) is 42.7 Å². The second-order valence-corrected chi connectivity index (χ2v) is 4.69. The van der Waals surface area contributed by atoms with E-state index in [0.717, 1.165) is 17.1 Å². The Hall–Kier alpha value is -1.38. The molecule has 1 N–H and O–H groups in total. The van der Waals surface area contributed by atoms with Crippen LogP contribution >= 0.6 is 11.6 Å². The van der Waals surface area contributed by atoms with E-state index >= 15 is 0 Å². The Labute approximate surface area is 113 Å². The van der Waals surface area contributed by atoms with Crippen molar-refractivity contribution in [3.8, 4) is 0 Å². The molecule has 1 aromatic carbocycles.